The van der Waals surface area contributed by atoms with Crippen molar-refractivity contribution in [2.45, 2.75) is 20.4 Å². The Morgan fingerprint density at radius 3 is 2.56 bits per heavy atom. The number of nitrogens with zero attached hydrogens (tertiary/aromatic N) is 4. The molecule has 3 heterocycles. The Hall–Kier alpha value is -3.07. The van der Waals surface area contributed by atoms with Gasteiger partial charge in [-0.1, -0.05) is 11.6 Å². The van der Waals surface area contributed by atoms with Crippen LogP contribution in [0.15, 0.2) is 32.2 Å². The molecule has 0 aliphatic heterocycles. The molecule has 27 heavy (non-hydrogen) atoms. The summed E-state index contributed by atoms with van der Waals surface area (Å²) in [5.41, 5.74) is 0.450. The van der Waals surface area contributed by atoms with Crippen LogP contribution in [0.1, 0.15) is 27.7 Å². The SMILES string of the molecule is Cc1nn(Cc2ccc(C(=O)Nc3cc(=O)n(C)c(=O)n3C)o2)c(C)c1Cl. The molecule has 0 spiro atoms. The molecule has 0 aromatic carbocycles. The summed E-state index contributed by atoms with van der Waals surface area (Å²) in [5, 5.41) is 7.41. The summed E-state index contributed by atoms with van der Waals surface area (Å²) in [6.07, 6.45) is 0. The minimum atomic E-state index is -0.573. The number of carbonyl (C=O) groups excluding carboxylic acids is 1. The van der Waals surface area contributed by atoms with E-state index in [-0.39, 0.29) is 11.6 Å². The van der Waals surface area contributed by atoms with Crippen molar-refractivity contribution in [3.63, 3.8) is 0 Å². The number of amides is 1. The molecule has 142 valence electrons. The molecular formula is C17H18ClN5O4. The zero-order chi connectivity index (χ0) is 19.9. The molecule has 0 unspecified atom stereocenters. The van der Waals surface area contributed by atoms with Crippen LogP contribution in [0.2, 0.25) is 5.02 Å². The zero-order valence-electron chi connectivity index (χ0n) is 15.2. The third-order valence-electron chi connectivity index (χ3n) is 4.25. The van der Waals surface area contributed by atoms with Gasteiger partial charge >= 0.3 is 5.69 Å². The fraction of sp³-hybridized carbons (Fsp3) is 0.294. The van der Waals surface area contributed by atoms with Crippen LogP contribution < -0.4 is 16.6 Å². The first kappa shape index (κ1) is 18.7. The van der Waals surface area contributed by atoms with Crippen LogP contribution in [-0.4, -0.2) is 24.8 Å². The van der Waals surface area contributed by atoms with Crippen LogP contribution in [0, 0.1) is 13.8 Å². The molecule has 1 N–H and O–H groups in total. The van der Waals surface area contributed by atoms with Gasteiger partial charge < -0.3 is 9.73 Å². The van der Waals surface area contributed by atoms with Crippen LogP contribution in [0.5, 0.6) is 0 Å². The second kappa shape index (κ2) is 6.92. The summed E-state index contributed by atoms with van der Waals surface area (Å²) in [4.78, 5) is 36.1. The average molecular weight is 392 g/mol. The molecule has 3 rings (SSSR count). The summed E-state index contributed by atoms with van der Waals surface area (Å²) < 4.78 is 9.36. The highest BCUT2D eigenvalue weighted by molar-refractivity contribution is 6.31. The smallest absolute Gasteiger partial charge is 0.332 e. The Morgan fingerprint density at radius 2 is 1.93 bits per heavy atom. The molecule has 0 saturated carbocycles. The maximum atomic E-state index is 12.4. The summed E-state index contributed by atoms with van der Waals surface area (Å²) in [5.74, 6) is 0.0679. The van der Waals surface area contributed by atoms with E-state index in [0.717, 1.165) is 10.3 Å². The molecular weight excluding hydrogens is 374 g/mol. The Bertz CT molecular complexity index is 1150. The Kier molecular flexibility index (Phi) is 4.79. The van der Waals surface area contributed by atoms with Crippen molar-refractivity contribution in [1.82, 2.24) is 18.9 Å². The van der Waals surface area contributed by atoms with Gasteiger partial charge in [0.1, 0.15) is 11.6 Å². The van der Waals surface area contributed by atoms with E-state index < -0.39 is 17.2 Å². The highest BCUT2D eigenvalue weighted by atomic mass is 35.5. The highest BCUT2D eigenvalue weighted by Crippen LogP contribution is 2.20. The standard InChI is InChI=1S/C17H18ClN5O4/c1-9-15(18)10(2)23(20-9)8-11-5-6-12(27-11)16(25)19-13-7-14(24)22(4)17(26)21(13)3/h5-7H,8H2,1-4H3,(H,19,25). The van der Waals surface area contributed by atoms with Gasteiger partial charge in [0.2, 0.25) is 0 Å². The van der Waals surface area contributed by atoms with Crippen molar-refractivity contribution in [1.29, 1.82) is 0 Å². The predicted molar refractivity (Wildman–Crippen MR) is 99.4 cm³/mol. The number of hydrogen-bond donors (Lipinski definition) is 1. The van der Waals surface area contributed by atoms with Crippen molar-refractivity contribution >= 4 is 23.3 Å². The van der Waals surface area contributed by atoms with Gasteiger partial charge in [0.05, 0.1) is 23.0 Å². The third kappa shape index (κ3) is 3.45. The maximum absolute atomic E-state index is 12.4. The van der Waals surface area contributed by atoms with Crippen LogP contribution in [0.4, 0.5) is 5.82 Å². The number of hydrogen-bond acceptors (Lipinski definition) is 5. The normalized spacial score (nSPS) is 11.0. The zero-order valence-corrected chi connectivity index (χ0v) is 16.0. The van der Waals surface area contributed by atoms with Gasteiger partial charge in [-0.05, 0) is 26.0 Å². The molecule has 0 bridgehead atoms. The second-order valence-corrected chi connectivity index (χ2v) is 6.51. The molecule has 9 nitrogen and oxygen atoms in total. The van der Waals surface area contributed by atoms with Crippen molar-refractivity contribution in [3.05, 3.63) is 67.0 Å². The molecule has 10 heteroatoms. The van der Waals surface area contributed by atoms with E-state index in [1.165, 1.54) is 30.8 Å². The van der Waals surface area contributed by atoms with Gasteiger partial charge in [0.15, 0.2) is 5.76 Å². The van der Waals surface area contributed by atoms with E-state index in [2.05, 4.69) is 10.4 Å². The van der Waals surface area contributed by atoms with Crippen LogP contribution in [0.3, 0.4) is 0 Å². The Labute approximate surface area is 158 Å². The van der Waals surface area contributed by atoms with Crippen molar-refractivity contribution in [3.8, 4) is 0 Å². The summed E-state index contributed by atoms with van der Waals surface area (Å²) in [6, 6.07) is 4.33. The lowest BCUT2D eigenvalue weighted by Crippen LogP contribution is -2.38. The number of rotatable bonds is 4. The topological polar surface area (TPSA) is 104 Å². The third-order valence-corrected chi connectivity index (χ3v) is 4.80. The summed E-state index contributed by atoms with van der Waals surface area (Å²) in [7, 11) is 2.82. The molecule has 3 aromatic rings. The number of aromatic nitrogens is 4. The monoisotopic (exact) mass is 391 g/mol. The van der Waals surface area contributed by atoms with Gasteiger partial charge in [0.25, 0.3) is 11.5 Å². The van der Waals surface area contributed by atoms with E-state index in [0.29, 0.717) is 23.0 Å². The molecule has 0 aliphatic carbocycles. The van der Waals surface area contributed by atoms with Crippen molar-refractivity contribution in [2.24, 2.45) is 14.1 Å². The van der Waals surface area contributed by atoms with E-state index >= 15 is 0 Å². The molecule has 0 aliphatic rings. The first-order valence-corrected chi connectivity index (χ1v) is 8.43. The lowest BCUT2D eigenvalue weighted by Gasteiger charge is -2.09. The first-order valence-electron chi connectivity index (χ1n) is 8.05. The van der Waals surface area contributed by atoms with E-state index in [1.807, 2.05) is 6.92 Å². The lowest BCUT2D eigenvalue weighted by atomic mass is 10.4. The van der Waals surface area contributed by atoms with Crippen LogP contribution in [0.25, 0.3) is 0 Å². The maximum Gasteiger partial charge on any atom is 0.332 e. The number of nitrogens with one attached hydrogen (secondary N) is 1. The van der Waals surface area contributed by atoms with E-state index in [1.54, 1.807) is 17.7 Å². The fourth-order valence-electron chi connectivity index (χ4n) is 2.59. The second-order valence-electron chi connectivity index (χ2n) is 6.13. The molecule has 0 radical (unpaired) electrons. The van der Waals surface area contributed by atoms with Gasteiger partial charge in [0, 0.05) is 20.2 Å². The first-order chi connectivity index (χ1) is 12.7. The van der Waals surface area contributed by atoms with Crippen LogP contribution in [-0.2, 0) is 20.6 Å². The number of carbonyl (C=O) groups is 1. The lowest BCUT2D eigenvalue weighted by molar-refractivity contribution is 0.0993. The van der Waals surface area contributed by atoms with Crippen molar-refractivity contribution < 1.29 is 9.21 Å². The molecule has 0 atom stereocenters. The number of anilines is 1. The van der Waals surface area contributed by atoms with E-state index in [9.17, 15) is 14.4 Å². The van der Waals surface area contributed by atoms with E-state index in [4.69, 9.17) is 16.0 Å². The molecule has 3 aromatic heterocycles. The van der Waals surface area contributed by atoms with Gasteiger partial charge in [-0.2, -0.15) is 5.10 Å². The average Bonchev–Trinajstić information content (AvgIpc) is 3.19. The Balaban J connectivity index is 1.81. The van der Waals surface area contributed by atoms with Crippen molar-refractivity contribution in [2.75, 3.05) is 5.32 Å². The summed E-state index contributed by atoms with van der Waals surface area (Å²) in [6.45, 7) is 3.97. The fourth-order valence-corrected chi connectivity index (χ4v) is 2.73. The Morgan fingerprint density at radius 1 is 1.22 bits per heavy atom. The predicted octanol–water partition coefficient (Wildman–Crippen LogP) is 1.44. The molecule has 0 saturated heterocycles. The quantitative estimate of drug-likeness (QED) is 0.724. The minimum Gasteiger partial charge on any atom is -0.454 e. The number of aryl methyl sites for hydroxylation is 1. The minimum absolute atomic E-state index is 0.0470. The largest absolute Gasteiger partial charge is 0.454 e. The summed E-state index contributed by atoms with van der Waals surface area (Å²) >= 11 is 6.13. The highest BCUT2D eigenvalue weighted by Gasteiger charge is 2.16. The number of halogens is 1. The van der Waals surface area contributed by atoms with Gasteiger partial charge in [-0.15, -0.1) is 0 Å². The number of furan rings is 1. The molecule has 0 fully saturated rings. The van der Waals surface area contributed by atoms with Gasteiger partial charge in [-0.25, -0.2) is 4.79 Å². The van der Waals surface area contributed by atoms with Gasteiger partial charge in [-0.3, -0.25) is 23.4 Å². The molecule has 1 amide bonds. The van der Waals surface area contributed by atoms with Crippen LogP contribution >= 0.6 is 11.6 Å².